The van der Waals surface area contributed by atoms with E-state index in [1.165, 1.54) is 6.20 Å². The summed E-state index contributed by atoms with van der Waals surface area (Å²) in [6.45, 7) is 0.601. The molecule has 0 saturated heterocycles. The van der Waals surface area contributed by atoms with Gasteiger partial charge in [-0.2, -0.15) is 15.4 Å². The zero-order valence-corrected chi connectivity index (χ0v) is 8.99. The summed E-state index contributed by atoms with van der Waals surface area (Å²) in [6, 6.07) is 3.96. The van der Waals surface area contributed by atoms with Crippen LogP contribution in [0.3, 0.4) is 0 Å². The SMILES string of the molecule is CN(Cc1cccs1)C(=O)c1cn[nH]n1. The van der Waals surface area contributed by atoms with Crippen LogP contribution in [0.5, 0.6) is 0 Å². The lowest BCUT2D eigenvalue weighted by Crippen LogP contribution is -2.26. The molecule has 0 aliphatic rings. The number of aromatic nitrogens is 3. The van der Waals surface area contributed by atoms with Crippen molar-refractivity contribution in [2.75, 3.05) is 7.05 Å². The van der Waals surface area contributed by atoms with Gasteiger partial charge in [0.15, 0.2) is 5.69 Å². The molecule has 0 spiro atoms. The van der Waals surface area contributed by atoms with Gasteiger partial charge in [-0.05, 0) is 11.4 Å². The number of amides is 1. The molecule has 0 fully saturated rings. The van der Waals surface area contributed by atoms with Crippen LogP contribution in [0.2, 0.25) is 0 Å². The average Bonchev–Trinajstić information content (AvgIpc) is 2.88. The van der Waals surface area contributed by atoms with Crippen molar-refractivity contribution in [2.24, 2.45) is 0 Å². The highest BCUT2D eigenvalue weighted by Gasteiger charge is 2.14. The highest BCUT2D eigenvalue weighted by molar-refractivity contribution is 7.09. The average molecular weight is 222 g/mol. The Hall–Kier alpha value is -1.69. The summed E-state index contributed by atoms with van der Waals surface area (Å²) in [5.41, 5.74) is 0.342. The summed E-state index contributed by atoms with van der Waals surface area (Å²) < 4.78 is 0. The first-order chi connectivity index (χ1) is 7.27. The van der Waals surface area contributed by atoms with Crippen LogP contribution in [0.25, 0.3) is 0 Å². The predicted octanol–water partition coefficient (Wildman–Crippen LogP) is 1.14. The first-order valence-corrected chi connectivity index (χ1v) is 5.29. The van der Waals surface area contributed by atoms with Gasteiger partial charge in [-0.15, -0.1) is 11.3 Å². The van der Waals surface area contributed by atoms with Crippen molar-refractivity contribution >= 4 is 17.2 Å². The Morgan fingerprint density at radius 2 is 2.53 bits per heavy atom. The Balaban J connectivity index is 2.03. The predicted molar refractivity (Wildman–Crippen MR) is 56.5 cm³/mol. The molecule has 2 aromatic heterocycles. The molecule has 0 aliphatic heterocycles. The molecular formula is C9H10N4OS. The molecule has 0 aliphatic carbocycles. The molecule has 2 aromatic rings. The molecule has 1 N–H and O–H groups in total. The maximum Gasteiger partial charge on any atom is 0.276 e. The van der Waals surface area contributed by atoms with E-state index < -0.39 is 0 Å². The molecule has 0 unspecified atom stereocenters. The van der Waals surface area contributed by atoms with Crippen LogP contribution in [0, 0.1) is 0 Å². The topological polar surface area (TPSA) is 61.9 Å². The number of carbonyl (C=O) groups excluding carboxylic acids is 1. The van der Waals surface area contributed by atoms with E-state index in [1.807, 2.05) is 17.5 Å². The maximum atomic E-state index is 11.7. The highest BCUT2D eigenvalue weighted by atomic mass is 32.1. The molecule has 0 radical (unpaired) electrons. The molecule has 6 heteroatoms. The molecule has 2 rings (SSSR count). The van der Waals surface area contributed by atoms with Crippen LogP contribution < -0.4 is 0 Å². The number of hydrogen-bond donors (Lipinski definition) is 1. The highest BCUT2D eigenvalue weighted by Crippen LogP contribution is 2.11. The smallest absolute Gasteiger partial charge is 0.276 e. The Labute approximate surface area is 90.7 Å². The monoisotopic (exact) mass is 222 g/mol. The fourth-order valence-electron chi connectivity index (χ4n) is 1.21. The largest absolute Gasteiger partial charge is 0.335 e. The van der Waals surface area contributed by atoms with Gasteiger partial charge >= 0.3 is 0 Å². The minimum absolute atomic E-state index is 0.128. The molecule has 0 bridgehead atoms. The lowest BCUT2D eigenvalue weighted by Gasteiger charge is -2.13. The van der Waals surface area contributed by atoms with E-state index in [1.54, 1.807) is 23.3 Å². The zero-order chi connectivity index (χ0) is 10.7. The molecule has 0 atom stereocenters. The van der Waals surface area contributed by atoms with Crippen molar-refractivity contribution in [3.8, 4) is 0 Å². The van der Waals surface area contributed by atoms with Gasteiger partial charge in [0.1, 0.15) is 0 Å². The summed E-state index contributed by atoms with van der Waals surface area (Å²) in [5, 5.41) is 11.8. The van der Waals surface area contributed by atoms with Crippen molar-refractivity contribution in [1.29, 1.82) is 0 Å². The van der Waals surface area contributed by atoms with Gasteiger partial charge in [-0.3, -0.25) is 4.79 Å². The van der Waals surface area contributed by atoms with Crippen LogP contribution in [0.1, 0.15) is 15.4 Å². The van der Waals surface area contributed by atoms with Crippen molar-refractivity contribution < 1.29 is 4.79 Å². The lowest BCUT2D eigenvalue weighted by atomic mass is 10.3. The van der Waals surface area contributed by atoms with Crippen molar-refractivity contribution in [3.05, 3.63) is 34.3 Å². The first kappa shape index (κ1) is 9.85. The van der Waals surface area contributed by atoms with Crippen LogP contribution in [0.15, 0.2) is 23.7 Å². The third-order valence-electron chi connectivity index (χ3n) is 1.95. The first-order valence-electron chi connectivity index (χ1n) is 4.41. The molecule has 15 heavy (non-hydrogen) atoms. The minimum atomic E-state index is -0.128. The standard InChI is InChI=1S/C9H10N4OS/c1-13(6-7-3-2-4-15-7)9(14)8-5-10-12-11-8/h2-5H,6H2,1H3,(H,10,11,12). The van der Waals surface area contributed by atoms with Crippen molar-refractivity contribution in [3.63, 3.8) is 0 Å². The summed E-state index contributed by atoms with van der Waals surface area (Å²) in [5.74, 6) is -0.128. The Kier molecular flexibility index (Phi) is 2.77. The van der Waals surface area contributed by atoms with Gasteiger partial charge in [-0.25, -0.2) is 0 Å². The minimum Gasteiger partial charge on any atom is -0.335 e. The lowest BCUT2D eigenvalue weighted by molar-refractivity contribution is 0.0780. The number of hydrogen-bond acceptors (Lipinski definition) is 4. The fourth-order valence-corrected chi connectivity index (χ4v) is 1.97. The number of nitrogens with one attached hydrogen (secondary N) is 1. The molecular weight excluding hydrogens is 212 g/mol. The van der Waals surface area contributed by atoms with E-state index in [2.05, 4.69) is 15.4 Å². The second-order valence-electron chi connectivity index (χ2n) is 3.10. The Bertz CT molecular complexity index is 423. The van der Waals surface area contributed by atoms with E-state index in [9.17, 15) is 4.79 Å². The van der Waals surface area contributed by atoms with Crippen LogP contribution in [-0.2, 0) is 6.54 Å². The third-order valence-corrected chi connectivity index (χ3v) is 2.82. The third kappa shape index (κ3) is 2.21. The Morgan fingerprint density at radius 3 is 3.13 bits per heavy atom. The Morgan fingerprint density at radius 1 is 1.67 bits per heavy atom. The van der Waals surface area contributed by atoms with Crippen molar-refractivity contribution in [2.45, 2.75) is 6.54 Å². The van der Waals surface area contributed by atoms with Crippen LogP contribution >= 0.6 is 11.3 Å². The molecule has 0 saturated carbocycles. The fraction of sp³-hybridized carbons (Fsp3) is 0.222. The number of H-pyrrole nitrogens is 1. The van der Waals surface area contributed by atoms with Gasteiger partial charge in [0.05, 0.1) is 12.7 Å². The number of aromatic amines is 1. The van der Waals surface area contributed by atoms with E-state index in [0.29, 0.717) is 12.2 Å². The number of thiophene rings is 1. The number of rotatable bonds is 3. The summed E-state index contributed by atoms with van der Waals surface area (Å²) in [4.78, 5) is 14.5. The van der Waals surface area contributed by atoms with Gasteiger partial charge in [-0.1, -0.05) is 6.07 Å². The number of carbonyl (C=O) groups is 1. The van der Waals surface area contributed by atoms with Gasteiger partial charge < -0.3 is 4.90 Å². The summed E-state index contributed by atoms with van der Waals surface area (Å²) in [6.07, 6.45) is 1.42. The second kappa shape index (κ2) is 4.22. The number of nitrogens with zero attached hydrogens (tertiary/aromatic N) is 3. The normalized spacial score (nSPS) is 10.2. The van der Waals surface area contributed by atoms with E-state index in [0.717, 1.165) is 4.88 Å². The van der Waals surface area contributed by atoms with E-state index >= 15 is 0 Å². The van der Waals surface area contributed by atoms with Crippen LogP contribution in [-0.4, -0.2) is 33.3 Å². The van der Waals surface area contributed by atoms with E-state index in [-0.39, 0.29) is 5.91 Å². The second-order valence-corrected chi connectivity index (χ2v) is 4.13. The van der Waals surface area contributed by atoms with Crippen molar-refractivity contribution in [1.82, 2.24) is 20.3 Å². The summed E-state index contributed by atoms with van der Waals surface area (Å²) in [7, 11) is 1.75. The van der Waals surface area contributed by atoms with Gasteiger partial charge in [0, 0.05) is 11.9 Å². The molecule has 0 aromatic carbocycles. The van der Waals surface area contributed by atoms with E-state index in [4.69, 9.17) is 0 Å². The molecule has 1 amide bonds. The zero-order valence-electron chi connectivity index (χ0n) is 8.17. The van der Waals surface area contributed by atoms with Gasteiger partial charge in [0.25, 0.3) is 5.91 Å². The molecule has 2 heterocycles. The summed E-state index contributed by atoms with van der Waals surface area (Å²) >= 11 is 1.63. The maximum absolute atomic E-state index is 11.7. The molecule has 78 valence electrons. The molecule has 5 nitrogen and oxygen atoms in total. The van der Waals surface area contributed by atoms with Gasteiger partial charge in [0.2, 0.25) is 0 Å². The quantitative estimate of drug-likeness (QED) is 0.847. The van der Waals surface area contributed by atoms with Crippen LogP contribution in [0.4, 0.5) is 0 Å².